The van der Waals surface area contributed by atoms with E-state index in [1.54, 1.807) is 58.3 Å². The van der Waals surface area contributed by atoms with E-state index in [1.165, 1.54) is 4.90 Å². The molecule has 2 fully saturated rings. The summed E-state index contributed by atoms with van der Waals surface area (Å²) in [5, 5.41) is 0.608. The van der Waals surface area contributed by atoms with Crippen molar-refractivity contribution in [2.24, 2.45) is 0 Å². The number of imide groups is 1. The predicted molar refractivity (Wildman–Crippen MR) is 113 cm³/mol. The summed E-state index contributed by atoms with van der Waals surface area (Å²) < 4.78 is 5.53. The molecule has 0 aliphatic carbocycles. The first-order valence-electron chi connectivity index (χ1n) is 9.87. The molecule has 0 aromatic heterocycles. The van der Waals surface area contributed by atoms with Gasteiger partial charge in [-0.2, -0.15) is 0 Å². The third-order valence-corrected chi connectivity index (χ3v) is 5.69. The number of hydrogen-bond donors (Lipinski definition) is 0. The second-order valence-corrected chi connectivity index (χ2v) is 7.77. The molecular formula is C22H22ClN3O4. The summed E-state index contributed by atoms with van der Waals surface area (Å²) in [6.07, 6.45) is 1.27. The average Bonchev–Trinajstić information content (AvgIpc) is 3.07. The Morgan fingerprint density at radius 1 is 1.00 bits per heavy atom. The molecule has 2 saturated heterocycles. The number of nitrogens with zero attached hydrogens (tertiary/aromatic N) is 3. The second kappa shape index (κ2) is 8.75. The maximum atomic E-state index is 12.8. The van der Waals surface area contributed by atoms with Crippen LogP contribution in [0.15, 0.2) is 54.6 Å². The van der Waals surface area contributed by atoms with E-state index >= 15 is 0 Å². The molecular weight excluding hydrogens is 406 g/mol. The predicted octanol–water partition coefficient (Wildman–Crippen LogP) is 3.18. The van der Waals surface area contributed by atoms with Crippen molar-refractivity contribution in [2.75, 3.05) is 31.1 Å². The molecule has 30 heavy (non-hydrogen) atoms. The second-order valence-electron chi connectivity index (χ2n) is 7.33. The van der Waals surface area contributed by atoms with E-state index in [0.29, 0.717) is 42.4 Å². The van der Waals surface area contributed by atoms with Crippen LogP contribution in [-0.2, 0) is 9.59 Å². The van der Waals surface area contributed by atoms with Crippen molar-refractivity contribution in [2.45, 2.75) is 18.9 Å². The summed E-state index contributed by atoms with van der Waals surface area (Å²) >= 11 is 5.84. The molecule has 0 bridgehead atoms. The van der Waals surface area contributed by atoms with Gasteiger partial charge in [-0.3, -0.25) is 9.59 Å². The summed E-state index contributed by atoms with van der Waals surface area (Å²) in [6.45, 7) is 1.08. The summed E-state index contributed by atoms with van der Waals surface area (Å²) in [5.41, 5.74) is 0.585. The smallest absolute Gasteiger partial charge is 0.332 e. The van der Waals surface area contributed by atoms with E-state index < -0.39 is 0 Å². The van der Waals surface area contributed by atoms with Crippen LogP contribution in [0, 0.1) is 0 Å². The molecule has 2 aliphatic rings. The van der Waals surface area contributed by atoms with E-state index in [2.05, 4.69) is 0 Å². The van der Waals surface area contributed by atoms with Gasteiger partial charge in [0, 0.05) is 24.2 Å². The van der Waals surface area contributed by atoms with Gasteiger partial charge in [-0.1, -0.05) is 29.8 Å². The van der Waals surface area contributed by atoms with E-state index in [1.807, 2.05) is 6.07 Å². The largest absolute Gasteiger partial charge is 0.484 e. The van der Waals surface area contributed by atoms with Crippen LogP contribution in [0.1, 0.15) is 12.8 Å². The van der Waals surface area contributed by atoms with Gasteiger partial charge in [-0.05, 0) is 49.2 Å². The van der Waals surface area contributed by atoms with Crippen molar-refractivity contribution >= 4 is 35.1 Å². The van der Waals surface area contributed by atoms with Crippen LogP contribution in [0.25, 0.3) is 0 Å². The molecule has 0 unspecified atom stereocenters. The van der Waals surface area contributed by atoms with Crippen LogP contribution < -0.4 is 9.64 Å². The molecule has 7 nitrogen and oxygen atoms in total. The van der Waals surface area contributed by atoms with Crippen LogP contribution in [0.4, 0.5) is 10.5 Å². The molecule has 0 saturated carbocycles. The zero-order chi connectivity index (χ0) is 21.1. The number of carbonyl (C=O) groups is 3. The highest BCUT2D eigenvalue weighted by molar-refractivity contribution is 6.30. The fraction of sp³-hybridized carbons (Fsp3) is 0.318. The highest BCUT2D eigenvalue weighted by atomic mass is 35.5. The Morgan fingerprint density at radius 2 is 1.67 bits per heavy atom. The van der Waals surface area contributed by atoms with Crippen molar-refractivity contribution in [3.8, 4) is 5.75 Å². The van der Waals surface area contributed by atoms with Gasteiger partial charge in [0.25, 0.3) is 11.8 Å². The molecule has 0 atom stereocenters. The Balaban J connectivity index is 1.30. The number of carbonyl (C=O) groups excluding carboxylic acids is 3. The van der Waals surface area contributed by atoms with Crippen molar-refractivity contribution in [1.29, 1.82) is 0 Å². The number of rotatable bonds is 5. The highest BCUT2D eigenvalue weighted by Crippen LogP contribution is 2.26. The molecule has 2 aliphatic heterocycles. The Labute approximate surface area is 179 Å². The molecule has 156 valence electrons. The van der Waals surface area contributed by atoms with Crippen LogP contribution in [0.3, 0.4) is 0 Å². The van der Waals surface area contributed by atoms with Gasteiger partial charge in [-0.25, -0.2) is 9.69 Å². The topological polar surface area (TPSA) is 70.2 Å². The summed E-state index contributed by atoms with van der Waals surface area (Å²) in [5.74, 6) is 0.268. The van der Waals surface area contributed by atoms with Gasteiger partial charge >= 0.3 is 6.03 Å². The minimum Gasteiger partial charge on any atom is -0.484 e. The molecule has 0 radical (unpaired) electrons. The Morgan fingerprint density at radius 3 is 2.33 bits per heavy atom. The lowest BCUT2D eigenvalue weighted by atomic mass is 10.0. The number of anilines is 1. The Kier molecular flexibility index (Phi) is 5.90. The number of benzene rings is 2. The molecule has 2 aromatic rings. The third-order valence-electron chi connectivity index (χ3n) is 5.44. The molecule has 4 rings (SSSR count). The number of ether oxygens (including phenoxy) is 1. The van der Waals surface area contributed by atoms with Gasteiger partial charge in [0.15, 0.2) is 6.61 Å². The quantitative estimate of drug-likeness (QED) is 0.687. The van der Waals surface area contributed by atoms with Crippen molar-refractivity contribution in [3.05, 3.63) is 59.6 Å². The number of piperidine rings is 1. The molecule has 2 heterocycles. The first-order chi connectivity index (χ1) is 14.5. The maximum Gasteiger partial charge on any atom is 0.332 e. The Hall–Kier alpha value is -3.06. The molecule has 2 aromatic carbocycles. The molecule has 8 heteroatoms. The first-order valence-corrected chi connectivity index (χ1v) is 10.3. The van der Waals surface area contributed by atoms with Gasteiger partial charge < -0.3 is 14.5 Å². The Bertz CT molecular complexity index is 927. The zero-order valence-corrected chi connectivity index (χ0v) is 17.1. The molecule has 0 spiro atoms. The number of para-hydroxylation sites is 1. The lowest BCUT2D eigenvalue weighted by molar-refractivity contribution is -0.134. The van der Waals surface area contributed by atoms with Crippen molar-refractivity contribution < 1.29 is 19.1 Å². The van der Waals surface area contributed by atoms with Crippen molar-refractivity contribution in [1.82, 2.24) is 9.80 Å². The van der Waals surface area contributed by atoms with Crippen LogP contribution in [0.5, 0.6) is 5.75 Å². The summed E-state index contributed by atoms with van der Waals surface area (Å²) in [4.78, 5) is 42.3. The fourth-order valence-electron chi connectivity index (χ4n) is 3.83. The van der Waals surface area contributed by atoms with Gasteiger partial charge in [-0.15, -0.1) is 0 Å². The van der Waals surface area contributed by atoms with Gasteiger partial charge in [0.05, 0.1) is 5.69 Å². The maximum absolute atomic E-state index is 12.8. The van der Waals surface area contributed by atoms with Crippen LogP contribution >= 0.6 is 11.6 Å². The molecule has 4 amide bonds. The number of amides is 4. The van der Waals surface area contributed by atoms with E-state index in [0.717, 1.165) is 0 Å². The van der Waals surface area contributed by atoms with Gasteiger partial charge in [0.1, 0.15) is 12.3 Å². The lowest BCUT2D eigenvalue weighted by Gasteiger charge is -2.36. The monoisotopic (exact) mass is 427 g/mol. The number of hydrogen-bond acceptors (Lipinski definition) is 4. The molecule has 0 N–H and O–H groups in total. The summed E-state index contributed by atoms with van der Waals surface area (Å²) in [7, 11) is 0. The normalized spacial score (nSPS) is 17.6. The first kappa shape index (κ1) is 20.2. The average molecular weight is 428 g/mol. The number of likely N-dealkylation sites (tertiary alicyclic amines) is 1. The van der Waals surface area contributed by atoms with Gasteiger partial charge in [0.2, 0.25) is 0 Å². The zero-order valence-electron chi connectivity index (χ0n) is 16.4. The van der Waals surface area contributed by atoms with Crippen molar-refractivity contribution in [3.63, 3.8) is 0 Å². The SMILES string of the molecule is O=C(COc1ccc(Cl)cc1)N1CCC(N2CC(=O)N(c3ccccc3)C2=O)CC1. The van der Waals surface area contributed by atoms with E-state index in [-0.39, 0.29) is 37.0 Å². The van der Waals surface area contributed by atoms with E-state index in [4.69, 9.17) is 16.3 Å². The van der Waals surface area contributed by atoms with Crippen LogP contribution in [-0.4, -0.2) is 59.9 Å². The minimum atomic E-state index is -0.290. The standard InChI is InChI=1S/C22H22ClN3O4/c23-16-6-8-19(9-7-16)30-15-21(28)24-12-10-17(11-13-24)25-14-20(27)26(22(25)29)18-4-2-1-3-5-18/h1-9,17H,10-15H2. The minimum absolute atomic E-state index is 0.0464. The highest BCUT2D eigenvalue weighted by Gasteiger charge is 2.41. The third kappa shape index (κ3) is 4.26. The van der Waals surface area contributed by atoms with Crippen LogP contribution in [0.2, 0.25) is 5.02 Å². The van der Waals surface area contributed by atoms with E-state index in [9.17, 15) is 14.4 Å². The lowest BCUT2D eigenvalue weighted by Crippen LogP contribution is -2.49. The number of halogens is 1. The fourth-order valence-corrected chi connectivity index (χ4v) is 3.96. The summed E-state index contributed by atoms with van der Waals surface area (Å²) in [6, 6.07) is 15.5. The number of urea groups is 1.